The van der Waals surface area contributed by atoms with Gasteiger partial charge in [0.2, 0.25) is 5.91 Å². The molecule has 4 aliphatic rings. The van der Waals surface area contributed by atoms with Gasteiger partial charge < -0.3 is 30.8 Å². The molecule has 352 valence electrons. The van der Waals surface area contributed by atoms with E-state index in [1.807, 2.05) is 97.1 Å². The lowest BCUT2D eigenvalue weighted by atomic mass is 9.45. The molecule has 4 aromatic rings. The molecule has 3 saturated carbocycles. The Morgan fingerprint density at radius 2 is 1.49 bits per heavy atom. The molecule has 4 aromatic carbocycles. The van der Waals surface area contributed by atoms with Crippen LogP contribution in [-0.2, 0) is 16.2 Å². The summed E-state index contributed by atoms with van der Waals surface area (Å²) in [7, 11) is 3.46. The van der Waals surface area contributed by atoms with Gasteiger partial charge in [0.05, 0.1) is 25.0 Å². The summed E-state index contributed by atoms with van der Waals surface area (Å²) in [4.78, 5) is 45.9. The second-order valence-corrected chi connectivity index (χ2v) is 20.2. The van der Waals surface area contributed by atoms with E-state index in [2.05, 4.69) is 88.2 Å². The average molecular weight is 1140 g/mol. The van der Waals surface area contributed by atoms with Gasteiger partial charge in [0.25, 0.3) is 5.91 Å². The number of hydrogen-bond acceptors (Lipinski definition) is 11. The number of rotatable bonds is 10. The highest BCUT2D eigenvalue weighted by atomic mass is 127. The molecule has 0 aromatic heterocycles. The molecule has 65 heavy (non-hydrogen) atoms. The maximum atomic E-state index is 13.9. The highest BCUT2D eigenvalue weighted by molar-refractivity contribution is 14.1. The minimum absolute atomic E-state index is 0.0460. The summed E-state index contributed by atoms with van der Waals surface area (Å²) in [6.45, 7) is 12.0. The molecule has 4 fully saturated rings. The van der Waals surface area contributed by atoms with E-state index in [9.17, 15) is 24.6 Å². The molecular weight excluding hydrogens is 1080 g/mol. The fraction of sp³-hybridized carbons (Fsp3) is 0.429. The molecule has 2 bridgehead atoms. The highest BCUT2D eigenvalue weighted by Gasteiger charge is 2.57. The van der Waals surface area contributed by atoms with Gasteiger partial charge in [-0.3, -0.25) is 19.2 Å². The normalized spacial score (nSPS) is 23.4. The average Bonchev–Trinajstić information content (AvgIpc) is 3.65. The second-order valence-electron chi connectivity index (χ2n) is 17.6. The highest BCUT2D eigenvalue weighted by Crippen LogP contribution is 2.61. The van der Waals surface area contributed by atoms with Crippen LogP contribution in [0.25, 0.3) is 11.1 Å². The van der Waals surface area contributed by atoms with Crippen molar-refractivity contribution in [1.82, 2.24) is 20.3 Å². The number of carbonyl (C=O) groups excluding carboxylic acids is 3. The van der Waals surface area contributed by atoms with Crippen LogP contribution in [0, 0.1) is 36.2 Å². The molecule has 0 unspecified atom stereocenters. The number of benzene rings is 4. The molecular formula is C49H62ClI2N5O8. The smallest absolute Gasteiger partial charge is 0.253 e. The Morgan fingerprint density at radius 1 is 0.908 bits per heavy atom. The number of hydrogen-bond donors (Lipinski definition) is 6. The van der Waals surface area contributed by atoms with Crippen LogP contribution >= 0.6 is 57.0 Å². The first-order valence-electron chi connectivity index (χ1n) is 21.4. The second kappa shape index (κ2) is 25.0. The summed E-state index contributed by atoms with van der Waals surface area (Å²) in [6.07, 6.45) is 0.687. The summed E-state index contributed by atoms with van der Waals surface area (Å²) in [6, 6.07) is 30.2. The van der Waals surface area contributed by atoms with E-state index >= 15 is 0 Å². The van der Waals surface area contributed by atoms with Crippen LogP contribution in [0.5, 0.6) is 0 Å². The van der Waals surface area contributed by atoms with Gasteiger partial charge in [-0.15, -0.1) is 5.00 Å². The fourth-order valence-corrected chi connectivity index (χ4v) is 10.1. The molecule has 0 radical (unpaired) electrons. The maximum Gasteiger partial charge on any atom is 0.253 e. The molecule has 8 rings (SSSR count). The van der Waals surface area contributed by atoms with E-state index in [-0.39, 0.29) is 30.2 Å². The van der Waals surface area contributed by atoms with E-state index in [0.717, 1.165) is 41.4 Å². The van der Waals surface area contributed by atoms with Crippen molar-refractivity contribution in [2.24, 2.45) is 34.2 Å². The molecule has 13 nitrogen and oxygen atoms in total. The maximum absolute atomic E-state index is 13.9. The quantitative estimate of drug-likeness (QED) is 0.0224. The van der Waals surface area contributed by atoms with Crippen LogP contribution in [0.15, 0.2) is 102 Å². The van der Waals surface area contributed by atoms with Crippen LogP contribution in [0.4, 0.5) is 0 Å². The first-order chi connectivity index (χ1) is 30.8. The molecule has 2 amide bonds. The predicted molar refractivity (Wildman–Crippen MR) is 271 cm³/mol. The zero-order valence-electron chi connectivity index (χ0n) is 38.1. The van der Waals surface area contributed by atoms with E-state index in [1.165, 1.54) is 11.4 Å². The van der Waals surface area contributed by atoms with E-state index < -0.39 is 24.2 Å². The molecule has 16 heteroatoms. The molecule has 1 heterocycles. The largest absolute Gasteiger partial charge is 0.411 e. The Bertz CT molecular complexity index is 2240. The fourth-order valence-electron chi connectivity index (χ4n) is 9.06. The number of hydroxylamine groups is 2. The van der Waals surface area contributed by atoms with Gasteiger partial charge in [0, 0.05) is 61.7 Å². The number of halogens is 3. The zero-order valence-corrected chi connectivity index (χ0v) is 43.2. The predicted octanol–water partition coefficient (Wildman–Crippen LogP) is 8.82. The SMILES string of the molecule is CC(=NO)c1cccc(I)c1.CC(=O)c1cccc(I)c1.C[C@@H]1[C@@H](NC(=O)[C@@H]2[C@H]([C@H](C)O)[C@H](CO)ON2Cc2cccc(-c3ccc(C(=O)N(C)C)cc3)c2)C[C@H]2C[C@@H]1C2(C)C.ONCl. The Hall–Kier alpha value is -3.53. The van der Waals surface area contributed by atoms with Crippen LogP contribution in [0.1, 0.15) is 86.2 Å². The number of ketones is 1. The summed E-state index contributed by atoms with van der Waals surface area (Å²) < 4.78 is 2.24. The number of aliphatic hydroxyl groups excluding tert-OH is 2. The molecule has 1 aliphatic heterocycles. The standard InChI is InChI=1S/C33H45N3O5.C8H8INO.C8H7IO.ClH2NO/c1-19-26-15-25(33(26,3)4)16-27(19)34-31(39)30-29(20(2)38)28(18-37)41-36(30)17-21-8-7-9-24(14-21)22-10-12-23(13-11-22)32(40)35(5)6;1-6(10-11)7-3-2-4-8(9)5-7;1-6(10)7-3-2-4-8(9)5-7;1-2-3/h7-14,19-20,25-30,37-38H,15-18H2,1-6H3,(H,34,39);2-5,11H,1H3;2-5H,1H3;2-3H/t19-,20-,25+,26-,27-,28-,29+,30-;;;/m0.../s1. The van der Waals surface area contributed by atoms with E-state index in [4.69, 9.17) is 15.3 Å². The van der Waals surface area contributed by atoms with Crippen LogP contribution in [-0.4, -0.2) is 98.9 Å². The number of fused-ring (bicyclic) bond motifs is 2. The number of oxime groups is 1. The third-order valence-corrected chi connectivity index (χ3v) is 14.2. The summed E-state index contributed by atoms with van der Waals surface area (Å²) in [5, 5.41) is 44.4. The molecule has 6 N–H and O–H groups in total. The minimum Gasteiger partial charge on any atom is -0.411 e. The molecule has 8 atom stereocenters. The van der Waals surface area contributed by atoms with E-state index in [1.54, 1.807) is 44.8 Å². The Balaban J connectivity index is 0.000000312. The summed E-state index contributed by atoms with van der Waals surface area (Å²) >= 11 is 8.71. The Kier molecular flexibility index (Phi) is 20.8. The van der Waals surface area contributed by atoms with Gasteiger partial charge >= 0.3 is 0 Å². The first kappa shape index (κ1) is 54.1. The Labute approximate surface area is 415 Å². The number of amides is 2. The van der Waals surface area contributed by atoms with Crippen molar-refractivity contribution < 1.29 is 39.8 Å². The molecule has 3 aliphatic carbocycles. The third-order valence-electron chi connectivity index (χ3n) is 12.8. The van der Waals surface area contributed by atoms with Crippen molar-refractivity contribution in [3.05, 3.63) is 126 Å². The van der Waals surface area contributed by atoms with Gasteiger partial charge in [-0.25, -0.2) is 0 Å². The number of carbonyl (C=O) groups is 3. The molecule has 0 spiro atoms. The number of aliphatic hydroxyl groups is 2. The lowest BCUT2D eigenvalue weighted by molar-refractivity contribution is -0.183. The Morgan fingerprint density at radius 3 is 1.98 bits per heavy atom. The van der Waals surface area contributed by atoms with Crippen molar-refractivity contribution in [1.29, 1.82) is 0 Å². The van der Waals surface area contributed by atoms with Gasteiger partial charge in [-0.2, -0.15) is 5.06 Å². The monoisotopic (exact) mass is 1140 g/mol. The van der Waals surface area contributed by atoms with Crippen molar-refractivity contribution in [3.8, 4) is 11.1 Å². The van der Waals surface area contributed by atoms with E-state index in [0.29, 0.717) is 41.0 Å². The van der Waals surface area contributed by atoms with Gasteiger partial charge in [-0.05, 0) is 161 Å². The zero-order chi connectivity index (χ0) is 48.2. The van der Waals surface area contributed by atoms with Crippen LogP contribution in [0.3, 0.4) is 0 Å². The molecule has 1 saturated heterocycles. The number of nitrogens with zero attached hydrogens (tertiary/aromatic N) is 3. The minimum atomic E-state index is -0.834. The van der Waals surface area contributed by atoms with Crippen LogP contribution in [0.2, 0.25) is 0 Å². The van der Waals surface area contributed by atoms with Crippen molar-refractivity contribution >= 4 is 80.3 Å². The summed E-state index contributed by atoms with van der Waals surface area (Å²) in [5.41, 5.74) is 6.22. The summed E-state index contributed by atoms with van der Waals surface area (Å²) in [5.74, 6) is 0.951. The van der Waals surface area contributed by atoms with Crippen LogP contribution < -0.4 is 10.3 Å². The third kappa shape index (κ3) is 14.2. The lowest BCUT2D eigenvalue weighted by Gasteiger charge is -2.62. The first-order valence-corrected chi connectivity index (χ1v) is 24.0. The number of nitrogens with one attached hydrogen (secondary N) is 2. The van der Waals surface area contributed by atoms with Gasteiger partial charge in [-0.1, -0.05) is 80.5 Å². The van der Waals surface area contributed by atoms with Crippen molar-refractivity contribution in [3.63, 3.8) is 0 Å². The van der Waals surface area contributed by atoms with Crippen molar-refractivity contribution in [2.75, 3.05) is 20.7 Å². The lowest BCUT2D eigenvalue weighted by Crippen LogP contribution is -2.62. The van der Waals surface area contributed by atoms with Gasteiger partial charge in [0.1, 0.15) is 12.1 Å². The number of Topliss-reactive ketones (excluding diaryl/α,β-unsaturated/α-hetero) is 1. The van der Waals surface area contributed by atoms with Gasteiger partial charge in [0.15, 0.2) is 5.78 Å². The topological polar surface area (TPSA) is 184 Å². The van der Waals surface area contributed by atoms with Crippen molar-refractivity contribution in [2.45, 2.75) is 85.2 Å².